The first-order valence-electron chi connectivity index (χ1n) is 8.26. The molecule has 1 atom stereocenters. The van der Waals surface area contributed by atoms with Crippen molar-refractivity contribution in [2.45, 2.75) is 32.4 Å². The van der Waals surface area contributed by atoms with E-state index in [1.54, 1.807) is 6.20 Å². The van der Waals surface area contributed by atoms with Crippen LogP contribution >= 0.6 is 0 Å². The highest BCUT2D eigenvalue weighted by Crippen LogP contribution is 2.32. The molecule has 6 heteroatoms. The van der Waals surface area contributed by atoms with Crippen LogP contribution in [0.5, 0.6) is 0 Å². The predicted molar refractivity (Wildman–Crippen MR) is 91.0 cm³/mol. The molecule has 122 valence electrons. The minimum absolute atomic E-state index is 0.300. The summed E-state index contributed by atoms with van der Waals surface area (Å²) in [5.41, 5.74) is 4.07. The fraction of sp³-hybridized carbons (Fsp3) is 0.333. The Morgan fingerprint density at radius 2 is 2.17 bits per heavy atom. The molecule has 0 aliphatic carbocycles. The van der Waals surface area contributed by atoms with E-state index in [0.29, 0.717) is 6.04 Å². The summed E-state index contributed by atoms with van der Waals surface area (Å²) in [7, 11) is 0. The number of hydrogen-bond acceptors (Lipinski definition) is 5. The zero-order valence-electron chi connectivity index (χ0n) is 13.7. The van der Waals surface area contributed by atoms with Crippen molar-refractivity contribution in [1.82, 2.24) is 29.8 Å². The van der Waals surface area contributed by atoms with Crippen molar-refractivity contribution >= 4 is 0 Å². The molecule has 0 spiro atoms. The number of hydrogen-bond donors (Lipinski definition) is 1. The molecule has 4 heterocycles. The SMILES string of the molecule is Cc1cnc(-c2cncc(C3CCCN3Cc3cccnc3)n2)[nH]1. The van der Waals surface area contributed by atoms with Gasteiger partial charge in [-0.3, -0.25) is 14.9 Å². The van der Waals surface area contributed by atoms with E-state index in [0.717, 1.165) is 42.4 Å². The molecule has 0 bridgehead atoms. The molecule has 1 aliphatic rings. The normalized spacial score (nSPS) is 18.1. The van der Waals surface area contributed by atoms with Crippen LogP contribution in [0.1, 0.15) is 35.8 Å². The molecule has 1 saturated heterocycles. The Labute approximate surface area is 141 Å². The van der Waals surface area contributed by atoms with Gasteiger partial charge >= 0.3 is 0 Å². The van der Waals surface area contributed by atoms with Crippen molar-refractivity contribution in [3.8, 4) is 11.5 Å². The lowest BCUT2D eigenvalue weighted by atomic mass is 10.1. The van der Waals surface area contributed by atoms with Gasteiger partial charge in [0.2, 0.25) is 0 Å². The van der Waals surface area contributed by atoms with Crippen molar-refractivity contribution in [2.75, 3.05) is 6.54 Å². The number of aromatic nitrogens is 5. The topological polar surface area (TPSA) is 70.6 Å². The van der Waals surface area contributed by atoms with E-state index in [4.69, 9.17) is 4.98 Å². The summed E-state index contributed by atoms with van der Waals surface area (Å²) < 4.78 is 0. The molecule has 1 fully saturated rings. The fourth-order valence-corrected chi connectivity index (χ4v) is 3.28. The third-order valence-corrected chi connectivity index (χ3v) is 4.41. The van der Waals surface area contributed by atoms with Gasteiger partial charge in [-0.15, -0.1) is 0 Å². The van der Waals surface area contributed by atoms with Gasteiger partial charge in [-0.2, -0.15) is 0 Å². The molecule has 24 heavy (non-hydrogen) atoms. The average Bonchev–Trinajstić information content (AvgIpc) is 3.25. The standard InChI is InChI=1S/C18H20N6/c1-13-8-21-18(22-13)16-11-20-10-15(23-16)17-5-3-7-24(17)12-14-4-2-6-19-9-14/h2,4,6,8-11,17H,3,5,7,12H2,1H3,(H,21,22). The number of H-pyrrole nitrogens is 1. The highest BCUT2D eigenvalue weighted by molar-refractivity contribution is 5.48. The monoisotopic (exact) mass is 320 g/mol. The Morgan fingerprint density at radius 3 is 2.96 bits per heavy atom. The van der Waals surface area contributed by atoms with Crippen molar-refractivity contribution in [1.29, 1.82) is 0 Å². The zero-order chi connectivity index (χ0) is 16.4. The molecule has 0 aromatic carbocycles. The summed E-state index contributed by atoms with van der Waals surface area (Å²) >= 11 is 0. The zero-order valence-corrected chi connectivity index (χ0v) is 13.7. The molecular formula is C18H20N6. The molecular weight excluding hydrogens is 300 g/mol. The van der Waals surface area contributed by atoms with Gasteiger partial charge < -0.3 is 4.98 Å². The van der Waals surface area contributed by atoms with Crippen LogP contribution in [0, 0.1) is 6.92 Å². The van der Waals surface area contributed by atoms with E-state index in [1.165, 1.54) is 12.0 Å². The second-order valence-corrected chi connectivity index (χ2v) is 6.23. The van der Waals surface area contributed by atoms with Crippen LogP contribution < -0.4 is 0 Å². The molecule has 6 nitrogen and oxygen atoms in total. The van der Waals surface area contributed by atoms with Gasteiger partial charge in [0, 0.05) is 30.8 Å². The minimum atomic E-state index is 0.300. The average molecular weight is 320 g/mol. The van der Waals surface area contributed by atoms with Crippen LogP contribution in [0.15, 0.2) is 43.1 Å². The number of likely N-dealkylation sites (tertiary alicyclic amines) is 1. The van der Waals surface area contributed by atoms with Crippen molar-refractivity contribution in [2.24, 2.45) is 0 Å². The van der Waals surface area contributed by atoms with Crippen LogP contribution in [0.4, 0.5) is 0 Å². The van der Waals surface area contributed by atoms with Gasteiger partial charge in [0.05, 0.1) is 24.1 Å². The molecule has 1 unspecified atom stereocenters. The van der Waals surface area contributed by atoms with Crippen molar-refractivity contribution in [3.63, 3.8) is 0 Å². The largest absolute Gasteiger partial charge is 0.341 e. The minimum Gasteiger partial charge on any atom is -0.341 e. The molecule has 4 rings (SSSR count). The number of aromatic amines is 1. The summed E-state index contributed by atoms with van der Waals surface area (Å²) in [6.45, 7) is 3.95. The number of aryl methyl sites for hydroxylation is 1. The van der Waals surface area contributed by atoms with E-state index in [1.807, 2.05) is 37.8 Å². The van der Waals surface area contributed by atoms with Gasteiger partial charge in [0.25, 0.3) is 0 Å². The summed E-state index contributed by atoms with van der Waals surface area (Å²) in [5.74, 6) is 0.777. The maximum atomic E-state index is 4.82. The van der Waals surface area contributed by atoms with E-state index in [2.05, 4.69) is 30.9 Å². The Morgan fingerprint density at radius 1 is 1.21 bits per heavy atom. The fourth-order valence-electron chi connectivity index (χ4n) is 3.28. The maximum absolute atomic E-state index is 4.82. The number of imidazole rings is 1. The first-order valence-corrected chi connectivity index (χ1v) is 8.26. The van der Waals surface area contributed by atoms with Gasteiger partial charge in [-0.05, 0) is 37.9 Å². The molecule has 1 aliphatic heterocycles. The second kappa shape index (κ2) is 6.49. The highest BCUT2D eigenvalue weighted by Gasteiger charge is 2.27. The van der Waals surface area contributed by atoms with E-state index in [-0.39, 0.29) is 0 Å². The molecule has 0 saturated carbocycles. The van der Waals surface area contributed by atoms with Gasteiger partial charge in [0.15, 0.2) is 5.82 Å². The van der Waals surface area contributed by atoms with Crippen LogP contribution in [0.3, 0.4) is 0 Å². The third kappa shape index (κ3) is 3.05. The molecule has 3 aromatic rings. The lowest BCUT2D eigenvalue weighted by Crippen LogP contribution is -2.23. The number of rotatable bonds is 4. The summed E-state index contributed by atoms with van der Waals surface area (Å²) in [6, 6.07) is 4.41. The summed E-state index contributed by atoms with van der Waals surface area (Å²) in [6.07, 6.45) is 11.5. The molecule has 0 radical (unpaired) electrons. The first-order chi connectivity index (χ1) is 11.8. The lowest BCUT2D eigenvalue weighted by Gasteiger charge is -2.23. The Hall–Kier alpha value is -2.60. The van der Waals surface area contributed by atoms with Crippen molar-refractivity contribution < 1.29 is 0 Å². The highest BCUT2D eigenvalue weighted by atomic mass is 15.2. The Balaban J connectivity index is 1.58. The van der Waals surface area contributed by atoms with Crippen LogP contribution in [-0.4, -0.2) is 36.4 Å². The van der Waals surface area contributed by atoms with Crippen LogP contribution in [0.2, 0.25) is 0 Å². The van der Waals surface area contributed by atoms with Gasteiger partial charge in [-0.25, -0.2) is 9.97 Å². The number of pyridine rings is 1. The van der Waals surface area contributed by atoms with E-state index < -0.39 is 0 Å². The number of nitrogens with zero attached hydrogens (tertiary/aromatic N) is 5. The smallest absolute Gasteiger partial charge is 0.157 e. The maximum Gasteiger partial charge on any atom is 0.157 e. The summed E-state index contributed by atoms with van der Waals surface area (Å²) in [5, 5.41) is 0. The van der Waals surface area contributed by atoms with Gasteiger partial charge in [-0.1, -0.05) is 6.07 Å². The Bertz CT molecular complexity index is 813. The van der Waals surface area contributed by atoms with E-state index >= 15 is 0 Å². The van der Waals surface area contributed by atoms with Gasteiger partial charge in [0.1, 0.15) is 5.69 Å². The summed E-state index contributed by atoms with van der Waals surface area (Å²) in [4.78, 5) is 23.5. The first kappa shape index (κ1) is 15.0. The predicted octanol–water partition coefficient (Wildman–Crippen LogP) is 2.91. The van der Waals surface area contributed by atoms with Crippen LogP contribution in [-0.2, 0) is 6.54 Å². The van der Waals surface area contributed by atoms with Crippen LogP contribution in [0.25, 0.3) is 11.5 Å². The number of nitrogens with one attached hydrogen (secondary N) is 1. The van der Waals surface area contributed by atoms with Crippen molar-refractivity contribution in [3.05, 3.63) is 60.1 Å². The Kier molecular flexibility index (Phi) is 4.04. The lowest BCUT2D eigenvalue weighted by molar-refractivity contribution is 0.244. The molecule has 1 N–H and O–H groups in total. The molecule has 3 aromatic heterocycles. The third-order valence-electron chi connectivity index (χ3n) is 4.41. The quantitative estimate of drug-likeness (QED) is 0.800. The van der Waals surface area contributed by atoms with E-state index in [9.17, 15) is 0 Å². The second-order valence-electron chi connectivity index (χ2n) is 6.23. The molecule has 0 amide bonds.